The number of rotatable bonds is 5. The van der Waals surface area contributed by atoms with Crippen LogP contribution in [0, 0.1) is 13.8 Å². The third-order valence-corrected chi connectivity index (χ3v) is 5.49. The molecule has 138 valence electrons. The summed E-state index contributed by atoms with van der Waals surface area (Å²) in [6, 6.07) is 3.89. The Morgan fingerprint density at radius 1 is 1.31 bits per heavy atom. The van der Waals surface area contributed by atoms with E-state index in [-0.39, 0.29) is 0 Å². The molecule has 26 heavy (non-hydrogen) atoms. The van der Waals surface area contributed by atoms with Crippen LogP contribution in [0.25, 0.3) is 11.0 Å². The van der Waals surface area contributed by atoms with Crippen molar-refractivity contribution in [2.75, 3.05) is 38.6 Å². The van der Waals surface area contributed by atoms with Crippen LogP contribution in [0.15, 0.2) is 29.1 Å². The van der Waals surface area contributed by atoms with E-state index in [9.17, 15) is 0 Å². The molecule has 3 aromatic heterocycles. The third kappa shape index (κ3) is 3.08. The Labute approximate surface area is 153 Å². The molecule has 0 aliphatic carbocycles. The van der Waals surface area contributed by atoms with Gasteiger partial charge in [-0.15, -0.1) is 0 Å². The van der Waals surface area contributed by atoms with Crippen molar-refractivity contribution in [1.82, 2.24) is 9.55 Å². The van der Waals surface area contributed by atoms with E-state index in [4.69, 9.17) is 19.9 Å². The van der Waals surface area contributed by atoms with Crippen LogP contribution in [-0.4, -0.2) is 42.4 Å². The molecule has 0 bridgehead atoms. The lowest BCUT2D eigenvalue weighted by Crippen LogP contribution is -3.14. The van der Waals surface area contributed by atoms with E-state index in [1.165, 1.54) is 11.3 Å². The van der Waals surface area contributed by atoms with E-state index in [0.717, 1.165) is 62.0 Å². The van der Waals surface area contributed by atoms with Crippen molar-refractivity contribution in [1.29, 1.82) is 0 Å². The van der Waals surface area contributed by atoms with Crippen molar-refractivity contribution in [3.63, 3.8) is 0 Å². The average Bonchev–Trinajstić information content (AvgIpc) is 3.25. The maximum Gasteiger partial charge on any atom is 0.232 e. The second-order valence-corrected chi connectivity index (χ2v) is 7.01. The highest BCUT2D eigenvalue weighted by atomic mass is 16.5. The van der Waals surface area contributed by atoms with Gasteiger partial charge < -0.3 is 24.4 Å². The number of morpholine rings is 1. The van der Waals surface area contributed by atoms with Gasteiger partial charge in [-0.2, -0.15) is 0 Å². The van der Waals surface area contributed by atoms with Crippen LogP contribution >= 0.6 is 0 Å². The zero-order valence-electron chi connectivity index (χ0n) is 15.5. The SMILES string of the molecule is Cc1c(C)n(Cc2ccco2)c2nc[n+](CC[NH+]3CCOCC3)c(N)c12. The minimum atomic E-state index is 0.664. The maximum absolute atomic E-state index is 6.54. The van der Waals surface area contributed by atoms with Crippen LogP contribution in [0.5, 0.6) is 0 Å². The molecule has 1 fully saturated rings. The average molecular weight is 357 g/mol. The molecule has 0 unspecified atom stereocenters. The molecular formula is C19H27N5O2+2. The number of nitrogen functional groups attached to an aromatic ring is 1. The Hall–Kier alpha value is -2.38. The Morgan fingerprint density at radius 2 is 2.12 bits per heavy atom. The van der Waals surface area contributed by atoms with E-state index in [1.54, 1.807) is 11.2 Å². The van der Waals surface area contributed by atoms with Gasteiger partial charge in [-0.3, -0.25) is 0 Å². The number of aromatic nitrogens is 3. The molecule has 0 atom stereocenters. The van der Waals surface area contributed by atoms with E-state index < -0.39 is 0 Å². The first-order valence-electron chi connectivity index (χ1n) is 9.22. The smallest absolute Gasteiger partial charge is 0.232 e. The van der Waals surface area contributed by atoms with Crippen molar-refractivity contribution in [3.05, 3.63) is 41.7 Å². The van der Waals surface area contributed by atoms with Crippen LogP contribution in [0.2, 0.25) is 0 Å². The van der Waals surface area contributed by atoms with Crippen molar-refractivity contribution in [2.45, 2.75) is 26.9 Å². The van der Waals surface area contributed by atoms with Gasteiger partial charge in [-0.1, -0.05) is 4.98 Å². The fraction of sp³-hybridized carbons (Fsp3) is 0.474. The summed E-state index contributed by atoms with van der Waals surface area (Å²) in [7, 11) is 0. The summed E-state index contributed by atoms with van der Waals surface area (Å²) in [4.78, 5) is 6.30. The summed E-state index contributed by atoms with van der Waals surface area (Å²) in [5.41, 5.74) is 9.82. The molecule has 3 N–H and O–H groups in total. The molecule has 1 aliphatic heterocycles. The molecule has 0 radical (unpaired) electrons. The molecule has 0 aromatic carbocycles. The summed E-state index contributed by atoms with van der Waals surface area (Å²) < 4.78 is 15.2. The Bertz CT molecular complexity index is 895. The molecule has 7 heteroatoms. The topological polar surface area (TPSA) is 74.5 Å². The second kappa shape index (κ2) is 7.09. The molecule has 0 amide bonds. The number of ether oxygens (including phenoxy) is 1. The maximum atomic E-state index is 6.54. The number of nitrogens with two attached hydrogens (primary N) is 1. The van der Waals surface area contributed by atoms with E-state index in [1.807, 2.05) is 18.5 Å². The molecule has 0 spiro atoms. The highest BCUT2D eigenvalue weighted by Crippen LogP contribution is 2.27. The number of nitrogens with one attached hydrogen (secondary N) is 1. The van der Waals surface area contributed by atoms with Crippen molar-refractivity contribution in [2.24, 2.45) is 0 Å². The first-order chi connectivity index (χ1) is 12.6. The molecule has 1 saturated heterocycles. The number of hydrogen-bond donors (Lipinski definition) is 2. The summed E-state index contributed by atoms with van der Waals surface area (Å²) >= 11 is 0. The summed E-state index contributed by atoms with van der Waals surface area (Å²) in [5.74, 6) is 1.71. The number of fused-ring (bicyclic) bond motifs is 1. The number of nitrogens with zero attached hydrogens (tertiary/aromatic N) is 3. The zero-order valence-corrected chi connectivity index (χ0v) is 15.5. The normalized spacial score (nSPS) is 15.8. The lowest BCUT2D eigenvalue weighted by molar-refractivity contribution is -0.925. The van der Waals surface area contributed by atoms with Crippen molar-refractivity contribution < 1.29 is 18.6 Å². The lowest BCUT2D eigenvalue weighted by Gasteiger charge is -2.23. The van der Waals surface area contributed by atoms with Gasteiger partial charge in [0.25, 0.3) is 0 Å². The van der Waals surface area contributed by atoms with E-state index >= 15 is 0 Å². The van der Waals surface area contributed by atoms with Crippen LogP contribution in [0.1, 0.15) is 17.0 Å². The number of furan rings is 1. The second-order valence-electron chi connectivity index (χ2n) is 7.01. The van der Waals surface area contributed by atoms with Crippen molar-refractivity contribution in [3.8, 4) is 0 Å². The minimum Gasteiger partial charge on any atom is -0.467 e. The van der Waals surface area contributed by atoms with Gasteiger partial charge >= 0.3 is 0 Å². The Kier molecular flexibility index (Phi) is 4.65. The number of quaternary nitrogens is 1. The number of hydrogen-bond acceptors (Lipinski definition) is 4. The first-order valence-corrected chi connectivity index (χ1v) is 9.22. The molecule has 4 rings (SSSR count). The summed E-state index contributed by atoms with van der Waals surface area (Å²) in [6.07, 6.45) is 3.57. The van der Waals surface area contributed by atoms with Gasteiger partial charge in [-0.25, -0.2) is 4.57 Å². The van der Waals surface area contributed by atoms with Gasteiger partial charge in [0.2, 0.25) is 17.8 Å². The molecule has 7 nitrogen and oxygen atoms in total. The zero-order chi connectivity index (χ0) is 18.1. The number of anilines is 1. The Balaban J connectivity index is 1.63. The van der Waals surface area contributed by atoms with Gasteiger partial charge in [0.1, 0.15) is 37.3 Å². The minimum absolute atomic E-state index is 0.664. The summed E-state index contributed by atoms with van der Waals surface area (Å²) in [6.45, 7) is 10.6. The van der Waals surface area contributed by atoms with Gasteiger partial charge in [0.05, 0.1) is 26.0 Å². The fourth-order valence-corrected chi connectivity index (χ4v) is 3.73. The Morgan fingerprint density at radius 3 is 2.85 bits per heavy atom. The molecule has 1 aliphatic rings. The third-order valence-electron chi connectivity index (χ3n) is 5.49. The fourth-order valence-electron chi connectivity index (χ4n) is 3.73. The highest BCUT2D eigenvalue weighted by Gasteiger charge is 2.23. The number of aryl methyl sites for hydroxylation is 1. The monoisotopic (exact) mass is 357 g/mol. The van der Waals surface area contributed by atoms with Gasteiger partial charge in [0, 0.05) is 5.69 Å². The van der Waals surface area contributed by atoms with E-state index in [0.29, 0.717) is 6.54 Å². The molecule has 3 aromatic rings. The standard InChI is InChI=1S/C19H25N5O2/c1-14-15(2)24(12-16-4-3-9-26-16)19-17(14)18(20)23(13-21-19)6-5-22-7-10-25-11-8-22/h3-4,9,13,20H,5-8,10-12H2,1-2H3/p+2. The molecule has 0 saturated carbocycles. The van der Waals surface area contributed by atoms with Gasteiger partial charge in [0.15, 0.2) is 0 Å². The van der Waals surface area contributed by atoms with Gasteiger partial charge in [-0.05, 0) is 31.5 Å². The first kappa shape index (κ1) is 17.1. The van der Waals surface area contributed by atoms with Crippen LogP contribution < -0.4 is 15.2 Å². The van der Waals surface area contributed by atoms with E-state index in [2.05, 4.69) is 23.0 Å². The van der Waals surface area contributed by atoms with Crippen LogP contribution in [-0.2, 0) is 17.8 Å². The highest BCUT2D eigenvalue weighted by molar-refractivity contribution is 5.89. The van der Waals surface area contributed by atoms with Crippen LogP contribution in [0.3, 0.4) is 0 Å². The largest absolute Gasteiger partial charge is 0.467 e. The summed E-state index contributed by atoms with van der Waals surface area (Å²) in [5, 5.41) is 1.05. The predicted molar refractivity (Wildman–Crippen MR) is 98.0 cm³/mol. The quantitative estimate of drug-likeness (QED) is 0.634. The molecule has 4 heterocycles. The molecular weight excluding hydrogens is 330 g/mol. The van der Waals surface area contributed by atoms with Crippen LogP contribution in [0.4, 0.5) is 5.82 Å². The predicted octanol–water partition coefficient (Wildman–Crippen LogP) is 0.0792. The lowest BCUT2D eigenvalue weighted by atomic mass is 10.2. The van der Waals surface area contributed by atoms with Crippen molar-refractivity contribution >= 4 is 16.9 Å².